The second-order valence-corrected chi connectivity index (χ2v) is 3.37. The first-order valence-electron chi connectivity index (χ1n) is 4.79. The summed E-state index contributed by atoms with van der Waals surface area (Å²) in [6.07, 6.45) is 0. The van der Waals surface area contributed by atoms with Gasteiger partial charge in [-0.2, -0.15) is 0 Å². The number of hydrogen-bond donors (Lipinski definition) is 2. The summed E-state index contributed by atoms with van der Waals surface area (Å²) in [5, 5.41) is 7.13. The molecule has 0 atom stereocenters. The van der Waals surface area contributed by atoms with Crippen LogP contribution in [0.15, 0.2) is 34.5 Å². The molecular weight excluding hydrogens is 220 g/mol. The van der Waals surface area contributed by atoms with Gasteiger partial charge >= 0.3 is 5.91 Å². The molecule has 0 fully saturated rings. The van der Waals surface area contributed by atoms with E-state index in [0.717, 1.165) is 16.5 Å². The molecule has 2 aromatic rings. The molecule has 2 N–H and O–H groups in total. The van der Waals surface area contributed by atoms with Gasteiger partial charge in [-0.3, -0.25) is 4.79 Å². The van der Waals surface area contributed by atoms with Gasteiger partial charge in [0.1, 0.15) is 5.69 Å². The van der Waals surface area contributed by atoms with Crippen molar-refractivity contribution in [3.63, 3.8) is 0 Å². The Balaban J connectivity index is 2.55. The number of benzene rings is 1. The summed E-state index contributed by atoms with van der Waals surface area (Å²) in [5.74, 6) is -0.629. The Labute approximate surface area is 95.6 Å². The molecule has 7 nitrogen and oxygen atoms in total. The predicted molar refractivity (Wildman–Crippen MR) is 60.6 cm³/mol. The Morgan fingerprint density at radius 3 is 3.06 bits per heavy atom. The minimum absolute atomic E-state index is 0.220. The van der Waals surface area contributed by atoms with Crippen molar-refractivity contribution in [1.82, 2.24) is 4.98 Å². The average molecular weight is 228 g/mol. The van der Waals surface area contributed by atoms with Crippen molar-refractivity contribution in [3.8, 4) is 0 Å². The summed E-state index contributed by atoms with van der Waals surface area (Å²) in [5.41, 5.74) is 16.8. The number of rotatable bonds is 3. The smallest absolute Gasteiger partial charge is 0.311 e. The monoisotopic (exact) mass is 228 g/mol. The zero-order chi connectivity index (χ0) is 12.3. The van der Waals surface area contributed by atoms with E-state index in [4.69, 9.17) is 11.1 Å². The number of carbonyl (C=O) groups excluding carboxylic acids is 1. The third-order valence-electron chi connectivity index (χ3n) is 2.39. The molecule has 1 amide bonds. The topological polar surface area (TPSA) is 118 Å². The van der Waals surface area contributed by atoms with Crippen LogP contribution in [-0.2, 0) is 6.54 Å². The molecule has 1 aromatic carbocycles. The van der Waals surface area contributed by atoms with Crippen LogP contribution in [0.4, 0.5) is 0 Å². The van der Waals surface area contributed by atoms with Gasteiger partial charge in [-0.25, -0.2) is 5.53 Å². The van der Waals surface area contributed by atoms with Gasteiger partial charge in [0, 0.05) is 15.8 Å². The first-order valence-corrected chi connectivity index (χ1v) is 4.79. The van der Waals surface area contributed by atoms with Crippen molar-refractivity contribution < 1.29 is 4.79 Å². The fourth-order valence-corrected chi connectivity index (χ4v) is 1.64. The summed E-state index contributed by atoms with van der Waals surface area (Å²) >= 11 is 0. The van der Waals surface area contributed by atoms with E-state index in [0.29, 0.717) is 0 Å². The number of aromatic nitrogens is 1. The molecule has 17 heavy (non-hydrogen) atoms. The molecule has 0 bridgehead atoms. The van der Waals surface area contributed by atoms with Gasteiger partial charge in [-0.05, 0) is 23.2 Å². The van der Waals surface area contributed by atoms with Crippen molar-refractivity contribution >= 4 is 16.8 Å². The minimum Gasteiger partial charge on any atom is -0.350 e. The summed E-state index contributed by atoms with van der Waals surface area (Å²) in [4.78, 5) is 16.8. The van der Waals surface area contributed by atoms with E-state index in [-0.39, 0.29) is 12.2 Å². The Morgan fingerprint density at radius 2 is 2.35 bits per heavy atom. The number of amides is 1. The van der Waals surface area contributed by atoms with Crippen LogP contribution in [0.5, 0.6) is 0 Å². The van der Waals surface area contributed by atoms with Crippen LogP contribution in [0, 0.1) is 5.53 Å². The Morgan fingerprint density at radius 1 is 1.53 bits per heavy atom. The number of H-pyrrole nitrogens is 1. The van der Waals surface area contributed by atoms with Gasteiger partial charge in [0.15, 0.2) is 0 Å². The molecule has 7 heteroatoms. The third kappa shape index (κ3) is 1.99. The summed E-state index contributed by atoms with van der Waals surface area (Å²) in [7, 11) is 0. The molecular formula is C10H8N6O. The highest BCUT2D eigenvalue weighted by molar-refractivity contribution is 5.98. The third-order valence-corrected chi connectivity index (χ3v) is 2.39. The lowest BCUT2D eigenvalue weighted by Crippen LogP contribution is -1.91. The molecule has 0 aliphatic carbocycles. The number of fused-ring (bicyclic) bond motifs is 1. The second-order valence-electron chi connectivity index (χ2n) is 3.37. The van der Waals surface area contributed by atoms with E-state index in [1.807, 2.05) is 6.07 Å². The first kappa shape index (κ1) is 10.8. The SMILES string of the molecule is [N-]=[N+]=NCc1cccc2[nH]c(C(=O)N=N)cc12. The van der Waals surface area contributed by atoms with Crippen molar-refractivity contribution in [3.05, 3.63) is 46.0 Å². The Bertz CT molecular complexity index is 637. The van der Waals surface area contributed by atoms with Crippen molar-refractivity contribution in [2.45, 2.75) is 6.54 Å². The highest BCUT2D eigenvalue weighted by Gasteiger charge is 2.10. The minimum atomic E-state index is -0.629. The van der Waals surface area contributed by atoms with Gasteiger partial charge in [0.25, 0.3) is 0 Å². The molecule has 1 aromatic heterocycles. The van der Waals surface area contributed by atoms with Gasteiger partial charge in [0.2, 0.25) is 0 Å². The first-order chi connectivity index (χ1) is 8.26. The average Bonchev–Trinajstić information content (AvgIpc) is 2.79. The largest absolute Gasteiger partial charge is 0.350 e. The number of carbonyl (C=O) groups is 1. The Kier molecular flexibility index (Phi) is 2.85. The lowest BCUT2D eigenvalue weighted by atomic mass is 10.1. The van der Waals surface area contributed by atoms with Crippen LogP contribution in [0.25, 0.3) is 21.3 Å². The van der Waals surface area contributed by atoms with Gasteiger partial charge in [-0.15, -0.1) is 5.11 Å². The maximum atomic E-state index is 11.2. The van der Waals surface area contributed by atoms with E-state index in [1.165, 1.54) is 0 Å². The molecule has 0 saturated heterocycles. The van der Waals surface area contributed by atoms with E-state index in [1.54, 1.807) is 18.2 Å². The van der Waals surface area contributed by atoms with Gasteiger partial charge in [0.05, 0.1) is 6.54 Å². The fourth-order valence-electron chi connectivity index (χ4n) is 1.64. The highest BCUT2D eigenvalue weighted by atomic mass is 16.1. The van der Waals surface area contributed by atoms with Crippen molar-refractivity contribution in [1.29, 1.82) is 5.53 Å². The highest BCUT2D eigenvalue weighted by Crippen LogP contribution is 2.21. The fraction of sp³-hybridized carbons (Fsp3) is 0.100. The predicted octanol–water partition coefficient (Wildman–Crippen LogP) is 3.15. The summed E-state index contributed by atoms with van der Waals surface area (Å²) < 4.78 is 0. The van der Waals surface area contributed by atoms with Crippen LogP contribution < -0.4 is 0 Å². The lowest BCUT2D eigenvalue weighted by Gasteiger charge is -1.96. The second kappa shape index (κ2) is 4.46. The van der Waals surface area contributed by atoms with Gasteiger partial charge in [-0.1, -0.05) is 17.2 Å². The molecule has 0 radical (unpaired) electrons. The number of hydrogen-bond acceptors (Lipinski definition) is 3. The van der Waals surface area contributed by atoms with Crippen LogP contribution in [0.1, 0.15) is 16.1 Å². The summed E-state index contributed by atoms with van der Waals surface area (Å²) in [6.45, 7) is 0.220. The normalized spacial score (nSPS) is 9.88. The maximum absolute atomic E-state index is 11.2. The molecule has 0 aliphatic heterocycles. The zero-order valence-corrected chi connectivity index (χ0v) is 8.71. The molecule has 2 rings (SSSR count). The number of nitrogens with zero attached hydrogens (tertiary/aromatic N) is 4. The van der Waals surface area contributed by atoms with E-state index in [2.05, 4.69) is 20.1 Å². The van der Waals surface area contributed by atoms with E-state index < -0.39 is 5.91 Å². The molecule has 0 spiro atoms. The summed E-state index contributed by atoms with van der Waals surface area (Å²) in [6, 6.07) is 7.03. The molecule has 1 heterocycles. The van der Waals surface area contributed by atoms with E-state index in [9.17, 15) is 4.79 Å². The van der Waals surface area contributed by atoms with Crippen LogP contribution in [0.3, 0.4) is 0 Å². The standard InChI is InChI=1S/C10H8N6O/c11-15-10(17)9-4-7-6(5-13-16-12)2-1-3-8(7)14-9/h1-4,11,14H,5H2. The molecule has 0 aliphatic rings. The molecule has 0 unspecified atom stereocenters. The van der Waals surface area contributed by atoms with Crippen LogP contribution in [-0.4, -0.2) is 10.9 Å². The number of nitrogens with one attached hydrogen (secondary N) is 2. The molecule has 84 valence electrons. The van der Waals surface area contributed by atoms with Crippen LogP contribution in [0.2, 0.25) is 0 Å². The lowest BCUT2D eigenvalue weighted by molar-refractivity contribution is 0.0987. The zero-order valence-electron chi connectivity index (χ0n) is 8.71. The number of aromatic amines is 1. The van der Waals surface area contributed by atoms with Crippen LogP contribution >= 0.6 is 0 Å². The van der Waals surface area contributed by atoms with E-state index >= 15 is 0 Å². The maximum Gasteiger partial charge on any atom is 0.311 e. The van der Waals surface area contributed by atoms with Crippen molar-refractivity contribution in [2.24, 2.45) is 10.2 Å². The quantitative estimate of drug-likeness (QED) is 0.468. The molecule has 0 saturated carbocycles. The van der Waals surface area contributed by atoms with Gasteiger partial charge < -0.3 is 4.98 Å². The Hall–Kier alpha value is -2.66. The number of azide groups is 1. The van der Waals surface area contributed by atoms with Crippen molar-refractivity contribution in [2.75, 3.05) is 0 Å².